The van der Waals surface area contributed by atoms with E-state index in [0.29, 0.717) is 11.4 Å². The summed E-state index contributed by atoms with van der Waals surface area (Å²) in [5, 5.41) is 10.7. The molecule has 4 heteroatoms. The van der Waals surface area contributed by atoms with Crippen LogP contribution in [-0.2, 0) is 0 Å². The third kappa shape index (κ3) is 2.34. The Labute approximate surface area is 93.3 Å². The highest BCUT2D eigenvalue weighted by Crippen LogP contribution is 2.19. The van der Waals surface area contributed by atoms with Crippen LogP contribution in [0.15, 0.2) is 42.6 Å². The summed E-state index contributed by atoms with van der Waals surface area (Å²) in [5.41, 5.74) is 0.619. The summed E-state index contributed by atoms with van der Waals surface area (Å²) < 4.78 is 13.5. The molecule has 1 aromatic carbocycles. The van der Waals surface area contributed by atoms with Gasteiger partial charge in [-0.1, -0.05) is 18.2 Å². The number of rotatable bonds is 3. The van der Waals surface area contributed by atoms with Crippen LogP contribution < -0.4 is 5.32 Å². The maximum atomic E-state index is 13.5. The zero-order valence-electron chi connectivity index (χ0n) is 8.89. The number of anilines is 1. The summed E-state index contributed by atoms with van der Waals surface area (Å²) in [4.78, 5) is 0. The molecule has 2 aromatic rings. The number of halogens is 1. The van der Waals surface area contributed by atoms with Gasteiger partial charge in [-0.25, -0.2) is 4.39 Å². The van der Waals surface area contributed by atoms with Crippen LogP contribution in [0.2, 0.25) is 0 Å². The molecule has 0 amide bonds. The fraction of sp³-hybridized carbons (Fsp3) is 0.167. The predicted octanol–water partition coefficient (Wildman–Crippen LogP) is 2.79. The van der Waals surface area contributed by atoms with E-state index in [1.54, 1.807) is 30.5 Å². The van der Waals surface area contributed by atoms with Crippen molar-refractivity contribution in [2.24, 2.45) is 0 Å². The Kier molecular flexibility index (Phi) is 3.10. The third-order valence-corrected chi connectivity index (χ3v) is 2.31. The van der Waals surface area contributed by atoms with E-state index in [1.807, 2.05) is 13.0 Å². The minimum absolute atomic E-state index is 0.141. The van der Waals surface area contributed by atoms with Gasteiger partial charge in [0.15, 0.2) is 0 Å². The lowest BCUT2D eigenvalue weighted by Gasteiger charge is -2.14. The van der Waals surface area contributed by atoms with E-state index >= 15 is 0 Å². The van der Waals surface area contributed by atoms with Gasteiger partial charge in [-0.05, 0) is 25.1 Å². The van der Waals surface area contributed by atoms with Crippen molar-refractivity contribution >= 4 is 5.82 Å². The number of aromatic nitrogens is 2. The predicted molar refractivity (Wildman–Crippen MR) is 60.5 cm³/mol. The van der Waals surface area contributed by atoms with Crippen molar-refractivity contribution in [3.05, 3.63) is 54.0 Å². The Hall–Kier alpha value is -1.97. The van der Waals surface area contributed by atoms with Gasteiger partial charge in [0.05, 0.1) is 6.04 Å². The molecule has 16 heavy (non-hydrogen) atoms. The van der Waals surface area contributed by atoms with Crippen molar-refractivity contribution in [3.63, 3.8) is 0 Å². The van der Waals surface area contributed by atoms with Crippen LogP contribution >= 0.6 is 0 Å². The highest BCUT2D eigenvalue weighted by Gasteiger charge is 2.09. The molecule has 1 heterocycles. The SMILES string of the molecule is CC(Nc1cccnn1)c1ccccc1F. The van der Waals surface area contributed by atoms with E-state index < -0.39 is 0 Å². The summed E-state index contributed by atoms with van der Waals surface area (Å²) >= 11 is 0. The maximum absolute atomic E-state index is 13.5. The standard InChI is InChI=1S/C12H12FN3/c1-9(10-5-2-3-6-11(10)13)15-12-7-4-8-14-16-12/h2-9H,1H3,(H,15,16). The molecular formula is C12H12FN3. The van der Waals surface area contributed by atoms with E-state index in [4.69, 9.17) is 0 Å². The van der Waals surface area contributed by atoms with Gasteiger partial charge in [-0.2, -0.15) is 5.10 Å². The first-order chi connectivity index (χ1) is 7.77. The molecule has 0 aliphatic rings. The number of nitrogens with zero attached hydrogens (tertiary/aromatic N) is 2. The van der Waals surface area contributed by atoms with Crippen molar-refractivity contribution in [2.75, 3.05) is 5.32 Å². The van der Waals surface area contributed by atoms with E-state index in [9.17, 15) is 4.39 Å². The number of hydrogen-bond acceptors (Lipinski definition) is 3. The lowest BCUT2D eigenvalue weighted by molar-refractivity contribution is 0.600. The average Bonchev–Trinajstić information content (AvgIpc) is 2.31. The topological polar surface area (TPSA) is 37.8 Å². The molecule has 3 nitrogen and oxygen atoms in total. The zero-order valence-corrected chi connectivity index (χ0v) is 8.89. The van der Waals surface area contributed by atoms with Crippen molar-refractivity contribution in [1.82, 2.24) is 10.2 Å². The zero-order chi connectivity index (χ0) is 11.4. The molecule has 0 aliphatic heterocycles. The minimum atomic E-state index is -0.216. The largest absolute Gasteiger partial charge is 0.362 e. The molecule has 0 fully saturated rings. The van der Waals surface area contributed by atoms with Crippen LogP contribution in [0.4, 0.5) is 10.2 Å². The van der Waals surface area contributed by atoms with Gasteiger partial charge in [-0.15, -0.1) is 5.10 Å². The van der Waals surface area contributed by atoms with Gasteiger partial charge in [-0.3, -0.25) is 0 Å². The lowest BCUT2D eigenvalue weighted by Crippen LogP contribution is -2.09. The summed E-state index contributed by atoms with van der Waals surface area (Å²) in [5.74, 6) is 0.421. The van der Waals surface area contributed by atoms with Crippen LogP contribution in [0.25, 0.3) is 0 Å². The number of nitrogens with one attached hydrogen (secondary N) is 1. The molecule has 0 saturated heterocycles. The fourth-order valence-corrected chi connectivity index (χ4v) is 1.50. The lowest BCUT2D eigenvalue weighted by atomic mass is 10.1. The molecule has 1 N–H and O–H groups in total. The van der Waals surface area contributed by atoms with Crippen LogP contribution in [0.5, 0.6) is 0 Å². The van der Waals surface area contributed by atoms with Crippen LogP contribution in [-0.4, -0.2) is 10.2 Å². The Morgan fingerprint density at radius 2 is 2.00 bits per heavy atom. The first-order valence-corrected chi connectivity index (χ1v) is 5.06. The second-order valence-electron chi connectivity index (χ2n) is 3.50. The molecule has 0 bridgehead atoms. The Bertz CT molecular complexity index is 459. The van der Waals surface area contributed by atoms with E-state index in [0.717, 1.165) is 0 Å². The maximum Gasteiger partial charge on any atom is 0.149 e. The Morgan fingerprint density at radius 3 is 2.69 bits per heavy atom. The summed E-state index contributed by atoms with van der Waals surface area (Å²) in [7, 11) is 0. The Balaban J connectivity index is 2.15. The van der Waals surface area contributed by atoms with Crippen LogP contribution in [0, 0.1) is 5.82 Å². The van der Waals surface area contributed by atoms with Crippen molar-refractivity contribution in [3.8, 4) is 0 Å². The second kappa shape index (κ2) is 4.70. The smallest absolute Gasteiger partial charge is 0.149 e. The molecule has 1 unspecified atom stereocenters. The third-order valence-electron chi connectivity index (χ3n) is 2.31. The molecule has 0 saturated carbocycles. The minimum Gasteiger partial charge on any atom is -0.362 e. The van der Waals surface area contributed by atoms with Crippen molar-refractivity contribution in [2.45, 2.75) is 13.0 Å². The summed E-state index contributed by atoms with van der Waals surface area (Å²) in [6.45, 7) is 1.88. The van der Waals surface area contributed by atoms with Gasteiger partial charge in [0, 0.05) is 11.8 Å². The summed E-state index contributed by atoms with van der Waals surface area (Å²) in [6.07, 6.45) is 1.60. The average molecular weight is 217 g/mol. The summed E-state index contributed by atoms with van der Waals surface area (Å²) in [6, 6.07) is 10.1. The molecule has 1 atom stereocenters. The monoisotopic (exact) mass is 217 g/mol. The molecule has 0 aliphatic carbocycles. The molecule has 0 radical (unpaired) electrons. The number of benzene rings is 1. The Morgan fingerprint density at radius 1 is 1.19 bits per heavy atom. The fourth-order valence-electron chi connectivity index (χ4n) is 1.50. The van der Waals surface area contributed by atoms with Gasteiger partial charge >= 0.3 is 0 Å². The molecule has 2 rings (SSSR count). The molecule has 1 aromatic heterocycles. The first kappa shape index (κ1) is 10.5. The normalized spacial score (nSPS) is 12.1. The van der Waals surface area contributed by atoms with E-state index in [2.05, 4.69) is 15.5 Å². The van der Waals surface area contributed by atoms with E-state index in [1.165, 1.54) is 6.07 Å². The highest BCUT2D eigenvalue weighted by atomic mass is 19.1. The first-order valence-electron chi connectivity index (χ1n) is 5.06. The number of hydrogen-bond donors (Lipinski definition) is 1. The second-order valence-corrected chi connectivity index (χ2v) is 3.50. The van der Waals surface area contributed by atoms with Crippen molar-refractivity contribution in [1.29, 1.82) is 0 Å². The molecule has 82 valence electrons. The molecular weight excluding hydrogens is 205 g/mol. The van der Waals surface area contributed by atoms with Crippen LogP contribution in [0.3, 0.4) is 0 Å². The van der Waals surface area contributed by atoms with E-state index in [-0.39, 0.29) is 11.9 Å². The van der Waals surface area contributed by atoms with Crippen LogP contribution in [0.1, 0.15) is 18.5 Å². The van der Waals surface area contributed by atoms with Gasteiger partial charge < -0.3 is 5.32 Å². The van der Waals surface area contributed by atoms with Gasteiger partial charge in [0.2, 0.25) is 0 Å². The van der Waals surface area contributed by atoms with Gasteiger partial charge in [0.25, 0.3) is 0 Å². The van der Waals surface area contributed by atoms with Crippen molar-refractivity contribution < 1.29 is 4.39 Å². The highest BCUT2D eigenvalue weighted by molar-refractivity contribution is 5.36. The quantitative estimate of drug-likeness (QED) is 0.859. The molecule has 0 spiro atoms. The van der Waals surface area contributed by atoms with Gasteiger partial charge in [0.1, 0.15) is 11.6 Å².